The summed E-state index contributed by atoms with van der Waals surface area (Å²) in [6.45, 7) is 0.0275. The second kappa shape index (κ2) is 7.23. The molecule has 0 fully saturated rings. The molecule has 0 aliphatic heterocycles. The van der Waals surface area contributed by atoms with E-state index in [1.165, 1.54) is 7.11 Å². The van der Waals surface area contributed by atoms with Crippen molar-refractivity contribution in [2.75, 3.05) is 7.11 Å². The Balaban J connectivity index is 2.28. The Morgan fingerprint density at radius 3 is 2.29 bits per heavy atom. The fourth-order valence-corrected chi connectivity index (χ4v) is 2.61. The van der Waals surface area contributed by atoms with Crippen LogP contribution in [0.2, 0.25) is 15.1 Å². The molecule has 0 radical (unpaired) electrons. The molecular weight excluding hydrogens is 335 g/mol. The molecule has 0 saturated carbocycles. The van der Waals surface area contributed by atoms with Crippen LogP contribution in [0.4, 0.5) is 0 Å². The lowest BCUT2D eigenvalue weighted by atomic mass is 10.2. The number of hydrogen-bond acceptors (Lipinski definition) is 3. The summed E-state index contributed by atoms with van der Waals surface area (Å²) in [5.74, 6) is 0.821. The van der Waals surface area contributed by atoms with E-state index in [0.29, 0.717) is 37.7 Å². The molecule has 0 aliphatic carbocycles. The van der Waals surface area contributed by atoms with Gasteiger partial charge in [0, 0.05) is 15.6 Å². The summed E-state index contributed by atoms with van der Waals surface area (Å²) in [5, 5.41) is 10.5. The Bertz CT molecular complexity index is 624. The number of ether oxygens (including phenoxy) is 2. The number of hydrogen-bond donors (Lipinski definition) is 1. The minimum absolute atomic E-state index is 0.132. The maximum absolute atomic E-state index is 9.16. The highest BCUT2D eigenvalue weighted by molar-refractivity contribution is 6.36. The van der Waals surface area contributed by atoms with E-state index in [2.05, 4.69) is 0 Å². The van der Waals surface area contributed by atoms with Gasteiger partial charge in [-0.1, -0.05) is 40.9 Å². The highest BCUT2D eigenvalue weighted by Crippen LogP contribution is 2.37. The van der Waals surface area contributed by atoms with Crippen molar-refractivity contribution >= 4 is 34.8 Å². The lowest BCUT2D eigenvalue weighted by Gasteiger charge is -2.15. The summed E-state index contributed by atoms with van der Waals surface area (Å²) in [6.07, 6.45) is 0. The Kier molecular flexibility index (Phi) is 5.59. The molecule has 0 aromatic heterocycles. The van der Waals surface area contributed by atoms with Gasteiger partial charge < -0.3 is 14.6 Å². The van der Waals surface area contributed by atoms with Gasteiger partial charge in [-0.25, -0.2) is 0 Å². The van der Waals surface area contributed by atoms with Crippen molar-refractivity contribution in [3.05, 3.63) is 56.5 Å². The number of benzene rings is 2. The van der Waals surface area contributed by atoms with Crippen molar-refractivity contribution in [1.29, 1.82) is 0 Å². The molecule has 0 unspecified atom stereocenters. The molecule has 21 heavy (non-hydrogen) atoms. The monoisotopic (exact) mass is 346 g/mol. The van der Waals surface area contributed by atoms with Crippen LogP contribution in [-0.4, -0.2) is 12.2 Å². The molecule has 0 heterocycles. The van der Waals surface area contributed by atoms with Gasteiger partial charge in [-0.2, -0.15) is 0 Å². The third kappa shape index (κ3) is 3.74. The Morgan fingerprint density at radius 1 is 1.05 bits per heavy atom. The summed E-state index contributed by atoms with van der Waals surface area (Å²) in [7, 11) is 1.50. The lowest BCUT2D eigenvalue weighted by Crippen LogP contribution is -2.01. The van der Waals surface area contributed by atoms with Crippen LogP contribution in [0.1, 0.15) is 11.1 Å². The Morgan fingerprint density at radius 2 is 1.71 bits per heavy atom. The normalized spacial score (nSPS) is 10.5. The van der Waals surface area contributed by atoms with Crippen molar-refractivity contribution in [2.45, 2.75) is 13.2 Å². The first kappa shape index (κ1) is 16.2. The van der Waals surface area contributed by atoms with E-state index in [4.69, 9.17) is 49.4 Å². The maximum Gasteiger partial charge on any atom is 0.180 e. The van der Waals surface area contributed by atoms with Gasteiger partial charge in [-0.3, -0.25) is 0 Å². The second-order valence-electron chi connectivity index (χ2n) is 4.26. The summed E-state index contributed by atoms with van der Waals surface area (Å²) in [6, 6.07) is 8.51. The van der Waals surface area contributed by atoms with E-state index < -0.39 is 0 Å². The van der Waals surface area contributed by atoms with E-state index in [1.807, 2.05) is 0 Å². The van der Waals surface area contributed by atoms with Crippen LogP contribution in [0.25, 0.3) is 0 Å². The van der Waals surface area contributed by atoms with Crippen LogP contribution >= 0.6 is 34.8 Å². The van der Waals surface area contributed by atoms with Crippen molar-refractivity contribution < 1.29 is 14.6 Å². The lowest BCUT2D eigenvalue weighted by molar-refractivity contribution is 0.274. The van der Waals surface area contributed by atoms with E-state index in [0.717, 1.165) is 0 Å². The standard InChI is InChI=1S/C15H13Cl3O3/c1-20-14-6-9(7-19)5-13(18)15(14)21-8-10-11(16)3-2-4-12(10)17/h2-6,19H,7-8H2,1H3. The van der Waals surface area contributed by atoms with E-state index in [9.17, 15) is 0 Å². The van der Waals surface area contributed by atoms with Gasteiger partial charge in [0.15, 0.2) is 11.5 Å². The Labute approximate surface area is 138 Å². The largest absolute Gasteiger partial charge is 0.493 e. The zero-order chi connectivity index (χ0) is 15.4. The van der Waals surface area contributed by atoms with E-state index in [-0.39, 0.29) is 13.2 Å². The first-order valence-electron chi connectivity index (χ1n) is 6.09. The summed E-state index contributed by atoms with van der Waals surface area (Å²) >= 11 is 18.3. The summed E-state index contributed by atoms with van der Waals surface area (Å²) in [4.78, 5) is 0. The second-order valence-corrected chi connectivity index (χ2v) is 5.48. The molecule has 6 heteroatoms. The molecule has 0 spiro atoms. The van der Waals surface area contributed by atoms with Gasteiger partial charge in [0.2, 0.25) is 0 Å². The average Bonchev–Trinajstić information content (AvgIpc) is 2.47. The number of aliphatic hydroxyl groups is 1. The molecule has 0 saturated heterocycles. The van der Waals surface area contributed by atoms with Crippen molar-refractivity contribution in [2.24, 2.45) is 0 Å². The highest BCUT2D eigenvalue weighted by atomic mass is 35.5. The molecule has 0 bridgehead atoms. The molecule has 1 N–H and O–H groups in total. The number of methoxy groups -OCH3 is 1. The third-order valence-corrected chi connectivity index (χ3v) is 3.88. The van der Waals surface area contributed by atoms with Gasteiger partial charge in [0.25, 0.3) is 0 Å². The fraction of sp³-hybridized carbons (Fsp3) is 0.200. The zero-order valence-corrected chi connectivity index (χ0v) is 13.5. The zero-order valence-electron chi connectivity index (χ0n) is 11.2. The van der Waals surface area contributed by atoms with Crippen LogP contribution in [-0.2, 0) is 13.2 Å². The van der Waals surface area contributed by atoms with Crippen LogP contribution < -0.4 is 9.47 Å². The van der Waals surface area contributed by atoms with Gasteiger partial charge in [-0.05, 0) is 29.8 Å². The van der Waals surface area contributed by atoms with Crippen molar-refractivity contribution in [1.82, 2.24) is 0 Å². The first-order valence-corrected chi connectivity index (χ1v) is 7.23. The van der Waals surface area contributed by atoms with Gasteiger partial charge >= 0.3 is 0 Å². The SMILES string of the molecule is COc1cc(CO)cc(Cl)c1OCc1c(Cl)cccc1Cl. The van der Waals surface area contributed by atoms with E-state index >= 15 is 0 Å². The molecule has 112 valence electrons. The molecule has 2 aromatic rings. The summed E-state index contributed by atoms with van der Waals surface area (Å²) in [5.41, 5.74) is 1.31. The molecular formula is C15H13Cl3O3. The van der Waals surface area contributed by atoms with Gasteiger partial charge in [-0.15, -0.1) is 0 Å². The first-order chi connectivity index (χ1) is 10.1. The number of aliphatic hydroxyl groups excluding tert-OH is 1. The van der Waals surface area contributed by atoms with Gasteiger partial charge in [0.1, 0.15) is 6.61 Å². The number of rotatable bonds is 5. The molecule has 0 atom stereocenters. The third-order valence-electron chi connectivity index (χ3n) is 2.89. The van der Waals surface area contributed by atoms with Crippen LogP contribution in [0.5, 0.6) is 11.5 Å². The Hall–Kier alpha value is -1.13. The molecule has 0 aliphatic rings. The van der Waals surface area contributed by atoms with Crippen LogP contribution in [0.3, 0.4) is 0 Å². The molecule has 0 amide bonds. The van der Waals surface area contributed by atoms with Gasteiger partial charge in [0.05, 0.1) is 18.7 Å². The summed E-state index contributed by atoms with van der Waals surface area (Å²) < 4.78 is 10.9. The van der Waals surface area contributed by atoms with Crippen LogP contribution in [0.15, 0.2) is 30.3 Å². The highest BCUT2D eigenvalue weighted by Gasteiger charge is 2.14. The van der Waals surface area contributed by atoms with Crippen molar-refractivity contribution in [3.8, 4) is 11.5 Å². The molecule has 2 aromatic carbocycles. The average molecular weight is 348 g/mol. The number of halogens is 3. The minimum atomic E-state index is -0.132. The minimum Gasteiger partial charge on any atom is -0.493 e. The van der Waals surface area contributed by atoms with Crippen molar-refractivity contribution in [3.63, 3.8) is 0 Å². The maximum atomic E-state index is 9.16. The molecule has 2 rings (SSSR count). The fourth-order valence-electron chi connectivity index (χ4n) is 1.82. The topological polar surface area (TPSA) is 38.7 Å². The predicted molar refractivity (Wildman–Crippen MR) is 84.7 cm³/mol. The van der Waals surface area contributed by atoms with Crippen LogP contribution in [0, 0.1) is 0 Å². The van der Waals surface area contributed by atoms with E-state index in [1.54, 1.807) is 30.3 Å². The quantitative estimate of drug-likeness (QED) is 0.850. The smallest absolute Gasteiger partial charge is 0.180 e. The molecule has 3 nitrogen and oxygen atoms in total. The predicted octanol–water partition coefficient (Wildman–Crippen LogP) is 4.73.